The smallest absolute Gasteiger partial charge is 0.272 e. The third kappa shape index (κ3) is 4.04. The van der Waals surface area contributed by atoms with Gasteiger partial charge in [-0.15, -0.1) is 0 Å². The second-order valence-corrected chi connectivity index (χ2v) is 4.41. The van der Waals surface area contributed by atoms with E-state index in [1.54, 1.807) is 25.1 Å². The minimum Gasteiger partial charge on any atom is -0.484 e. The SMILES string of the molecule is Cc1cc(NC(=O)COc2ccccc2)ccc1[N+](=O)[O-]. The molecule has 0 radical (unpaired) electrons. The Morgan fingerprint density at radius 1 is 1.24 bits per heavy atom. The number of rotatable bonds is 5. The number of ether oxygens (including phenoxy) is 1. The zero-order valence-electron chi connectivity index (χ0n) is 11.4. The number of amides is 1. The van der Waals surface area contributed by atoms with E-state index in [1.807, 2.05) is 18.2 Å². The fourth-order valence-corrected chi connectivity index (χ4v) is 1.80. The maximum absolute atomic E-state index is 11.7. The molecule has 0 bridgehead atoms. The van der Waals surface area contributed by atoms with Crippen LogP contribution < -0.4 is 10.1 Å². The van der Waals surface area contributed by atoms with Crippen LogP contribution in [0.2, 0.25) is 0 Å². The highest BCUT2D eigenvalue weighted by molar-refractivity contribution is 5.92. The zero-order valence-corrected chi connectivity index (χ0v) is 11.4. The van der Waals surface area contributed by atoms with Crippen molar-refractivity contribution in [3.05, 3.63) is 64.2 Å². The van der Waals surface area contributed by atoms with Gasteiger partial charge >= 0.3 is 0 Å². The minimum atomic E-state index is -0.459. The van der Waals surface area contributed by atoms with Crippen molar-refractivity contribution in [2.24, 2.45) is 0 Å². The van der Waals surface area contributed by atoms with Crippen molar-refractivity contribution in [1.82, 2.24) is 0 Å². The molecule has 0 spiro atoms. The molecule has 2 aromatic carbocycles. The van der Waals surface area contributed by atoms with Crippen molar-refractivity contribution in [1.29, 1.82) is 0 Å². The van der Waals surface area contributed by atoms with Crippen LogP contribution in [0.1, 0.15) is 5.56 Å². The molecule has 108 valence electrons. The van der Waals surface area contributed by atoms with E-state index in [0.717, 1.165) is 0 Å². The highest BCUT2D eigenvalue weighted by Gasteiger charge is 2.11. The number of anilines is 1. The standard InChI is InChI=1S/C15H14N2O4/c1-11-9-12(7-8-14(11)17(19)20)16-15(18)10-21-13-5-3-2-4-6-13/h2-9H,10H2,1H3,(H,16,18). The van der Waals surface area contributed by atoms with Crippen molar-refractivity contribution in [3.8, 4) is 5.75 Å². The summed E-state index contributed by atoms with van der Waals surface area (Å²) in [6.07, 6.45) is 0. The zero-order chi connectivity index (χ0) is 15.2. The number of nitrogens with zero attached hydrogens (tertiary/aromatic N) is 1. The van der Waals surface area contributed by atoms with Crippen LogP contribution in [0.3, 0.4) is 0 Å². The van der Waals surface area contributed by atoms with E-state index in [0.29, 0.717) is 17.0 Å². The number of nitro benzene ring substituents is 1. The first-order chi connectivity index (χ1) is 10.1. The number of nitro groups is 1. The van der Waals surface area contributed by atoms with Gasteiger partial charge in [-0.05, 0) is 31.2 Å². The van der Waals surface area contributed by atoms with Gasteiger partial charge in [0.15, 0.2) is 6.61 Å². The third-order valence-electron chi connectivity index (χ3n) is 2.79. The average Bonchev–Trinajstić information content (AvgIpc) is 2.46. The molecule has 0 aromatic heterocycles. The maximum Gasteiger partial charge on any atom is 0.272 e. The number of carbonyl (C=O) groups is 1. The number of carbonyl (C=O) groups excluding carboxylic acids is 1. The molecule has 6 nitrogen and oxygen atoms in total. The molecule has 1 amide bonds. The molecule has 0 atom stereocenters. The summed E-state index contributed by atoms with van der Waals surface area (Å²) in [5.74, 6) is 0.277. The molecule has 0 aliphatic heterocycles. The fourth-order valence-electron chi connectivity index (χ4n) is 1.80. The van der Waals surface area contributed by atoms with Crippen LogP contribution >= 0.6 is 0 Å². The topological polar surface area (TPSA) is 81.5 Å². The Morgan fingerprint density at radius 3 is 2.57 bits per heavy atom. The highest BCUT2D eigenvalue weighted by Crippen LogP contribution is 2.21. The summed E-state index contributed by atoms with van der Waals surface area (Å²) in [4.78, 5) is 22.0. The Hall–Kier alpha value is -2.89. The lowest BCUT2D eigenvalue weighted by molar-refractivity contribution is -0.385. The van der Waals surface area contributed by atoms with E-state index >= 15 is 0 Å². The van der Waals surface area contributed by atoms with E-state index in [1.165, 1.54) is 12.1 Å². The van der Waals surface area contributed by atoms with Crippen LogP contribution in [-0.2, 0) is 4.79 Å². The summed E-state index contributed by atoms with van der Waals surface area (Å²) in [6.45, 7) is 1.49. The van der Waals surface area contributed by atoms with Gasteiger partial charge in [-0.3, -0.25) is 14.9 Å². The molecule has 2 aromatic rings. The molecule has 2 rings (SSSR count). The summed E-state index contributed by atoms with van der Waals surface area (Å²) in [6, 6.07) is 13.4. The Balaban J connectivity index is 1.94. The number of hydrogen-bond donors (Lipinski definition) is 1. The van der Waals surface area contributed by atoms with E-state index in [-0.39, 0.29) is 18.2 Å². The predicted molar refractivity (Wildman–Crippen MR) is 78.4 cm³/mol. The Morgan fingerprint density at radius 2 is 1.95 bits per heavy atom. The van der Waals surface area contributed by atoms with Crippen molar-refractivity contribution in [3.63, 3.8) is 0 Å². The Bertz CT molecular complexity index is 656. The van der Waals surface area contributed by atoms with Crippen LogP contribution in [0.15, 0.2) is 48.5 Å². The van der Waals surface area contributed by atoms with Gasteiger partial charge in [0.2, 0.25) is 0 Å². The average molecular weight is 286 g/mol. The van der Waals surface area contributed by atoms with Crippen molar-refractivity contribution < 1.29 is 14.5 Å². The van der Waals surface area contributed by atoms with Gasteiger partial charge in [0.25, 0.3) is 11.6 Å². The number of hydrogen-bond acceptors (Lipinski definition) is 4. The van der Waals surface area contributed by atoms with Crippen molar-refractivity contribution in [2.75, 3.05) is 11.9 Å². The second kappa shape index (κ2) is 6.51. The van der Waals surface area contributed by atoms with E-state index in [2.05, 4.69) is 5.32 Å². The number of aryl methyl sites for hydroxylation is 1. The second-order valence-electron chi connectivity index (χ2n) is 4.41. The van der Waals surface area contributed by atoms with Crippen molar-refractivity contribution >= 4 is 17.3 Å². The summed E-state index contributed by atoms with van der Waals surface area (Å²) in [7, 11) is 0. The summed E-state index contributed by atoms with van der Waals surface area (Å²) < 4.78 is 5.31. The number of nitrogens with one attached hydrogen (secondary N) is 1. The highest BCUT2D eigenvalue weighted by atomic mass is 16.6. The van der Waals surface area contributed by atoms with Gasteiger partial charge in [-0.1, -0.05) is 18.2 Å². The Labute approximate surface area is 121 Å². The molecular formula is C15H14N2O4. The van der Waals surface area contributed by atoms with Gasteiger partial charge in [0.1, 0.15) is 5.75 Å². The van der Waals surface area contributed by atoms with Crippen LogP contribution in [0, 0.1) is 17.0 Å². The third-order valence-corrected chi connectivity index (χ3v) is 2.79. The van der Waals surface area contributed by atoms with E-state index in [9.17, 15) is 14.9 Å². The quantitative estimate of drug-likeness (QED) is 0.676. The molecule has 0 saturated carbocycles. The van der Waals surface area contributed by atoms with Gasteiger partial charge in [-0.2, -0.15) is 0 Å². The first-order valence-electron chi connectivity index (χ1n) is 6.29. The number of para-hydroxylation sites is 1. The lowest BCUT2D eigenvalue weighted by Gasteiger charge is -2.08. The maximum atomic E-state index is 11.7. The fraction of sp³-hybridized carbons (Fsp3) is 0.133. The summed E-state index contributed by atoms with van der Waals surface area (Å²) in [5.41, 5.74) is 1.01. The minimum absolute atomic E-state index is 0.0218. The van der Waals surface area contributed by atoms with Gasteiger partial charge in [0, 0.05) is 17.3 Å². The van der Waals surface area contributed by atoms with Crippen LogP contribution in [0.4, 0.5) is 11.4 Å². The van der Waals surface area contributed by atoms with Crippen molar-refractivity contribution in [2.45, 2.75) is 6.92 Å². The lowest BCUT2D eigenvalue weighted by Crippen LogP contribution is -2.20. The molecular weight excluding hydrogens is 272 g/mol. The first kappa shape index (κ1) is 14.5. The first-order valence-corrected chi connectivity index (χ1v) is 6.29. The molecule has 0 heterocycles. The molecule has 0 unspecified atom stereocenters. The lowest BCUT2D eigenvalue weighted by atomic mass is 10.2. The monoisotopic (exact) mass is 286 g/mol. The van der Waals surface area contributed by atoms with Gasteiger partial charge < -0.3 is 10.1 Å². The summed E-state index contributed by atoms with van der Waals surface area (Å²) >= 11 is 0. The summed E-state index contributed by atoms with van der Waals surface area (Å²) in [5, 5.41) is 13.3. The number of benzene rings is 2. The largest absolute Gasteiger partial charge is 0.484 e. The van der Waals surface area contributed by atoms with Crippen LogP contribution in [0.25, 0.3) is 0 Å². The molecule has 21 heavy (non-hydrogen) atoms. The normalized spacial score (nSPS) is 9.95. The Kier molecular flexibility index (Phi) is 4.50. The van der Waals surface area contributed by atoms with E-state index < -0.39 is 4.92 Å². The van der Waals surface area contributed by atoms with Crippen LogP contribution in [0.5, 0.6) is 5.75 Å². The molecule has 0 aliphatic rings. The molecule has 0 saturated heterocycles. The van der Waals surface area contributed by atoms with E-state index in [4.69, 9.17) is 4.74 Å². The molecule has 0 fully saturated rings. The molecule has 1 N–H and O–H groups in total. The van der Waals surface area contributed by atoms with Gasteiger partial charge in [-0.25, -0.2) is 0 Å². The molecule has 0 aliphatic carbocycles. The predicted octanol–water partition coefficient (Wildman–Crippen LogP) is 2.92. The molecule has 6 heteroatoms. The van der Waals surface area contributed by atoms with Gasteiger partial charge in [0.05, 0.1) is 4.92 Å². The van der Waals surface area contributed by atoms with Crippen LogP contribution in [-0.4, -0.2) is 17.4 Å².